The molecule has 0 amide bonds. The average Bonchev–Trinajstić information content (AvgIpc) is 2.85. The fourth-order valence-corrected chi connectivity index (χ4v) is 3.63. The molecule has 1 N–H and O–H groups in total. The van der Waals surface area contributed by atoms with Crippen molar-refractivity contribution < 1.29 is 13.2 Å². The maximum absolute atomic E-state index is 12.8. The van der Waals surface area contributed by atoms with Gasteiger partial charge in [-0.3, -0.25) is 9.89 Å². The number of hydrogen-bond acceptors (Lipinski definition) is 4. The van der Waals surface area contributed by atoms with E-state index in [0.717, 1.165) is 21.5 Å². The molecule has 1 fully saturated rings. The molecule has 144 valence electrons. The van der Waals surface area contributed by atoms with E-state index in [9.17, 15) is 13.2 Å². The Morgan fingerprint density at radius 2 is 1.88 bits per heavy atom. The summed E-state index contributed by atoms with van der Waals surface area (Å²) in [6, 6.07) is -1.41. The summed E-state index contributed by atoms with van der Waals surface area (Å²) in [5.41, 5.74) is 1.00. The van der Waals surface area contributed by atoms with Gasteiger partial charge in [-0.2, -0.15) is 13.2 Å². The number of aliphatic imine (C=N–C) groups is 1. The predicted octanol–water partition coefficient (Wildman–Crippen LogP) is 3.02. The van der Waals surface area contributed by atoms with Crippen LogP contribution < -0.4 is 5.32 Å². The number of aryl methyl sites for hydroxylation is 2. The number of guanidine groups is 1. The second-order valence-corrected chi connectivity index (χ2v) is 7.17. The van der Waals surface area contributed by atoms with Crippen LogP contribution in [-0.2, 0) is 6.54 Å². The van der Waals surface area contributed by atoms with Crippen LogP contribution in [-0.4, -0.2) is 66.2 Å². The molecule has 0 saturated carbocycles. The first-order valence-corrected chi connectivity index (χ1v) is 8.73. The number of thiazole rings is 1. The van der Waals surface area contributed by atoms with Crippen molar-refractivity contribution >= 4 is 41.3 Å². The molecule has 1 aliphatic heterocycles. The minimum Gasteiger partial charge on any atom is -0.351 e. The van der Waals surface area contributed by atoms with Crippen LogP contribution in [0, 0.1) is 13.8 Å². The summed E-state index contributed by atoms with van der Waals surface area (Å²) in [5.74, 6) is 0.722. The number of hydrogen-bond donors (Lipinski definition) is 1. The number of piperazine rings is 1. The summed E-state index contributed by atoms with van der Waals surface area (Å²) in [6.07, 6.45) is -4.18. The molecule has 0 spiro atoms. The van der Waals surface area contributed by atoms with Crippen LogP contribution in [0.3, 0.4) is 0 Å². The predicted molar refractivity (Wildman–Crippen MR) is 106 cm³/mol. The largest absolute Gasteiger partial charge is 0.403 e. The van der Waals surface area contributed by atoms with Crippen molar-refractivity contribution in [1.82, 2.24) is 20.1 Å². The number of alkyl halides is 3. The van der Waals surface area contributed by atoms with E-state index in [2.05, 4.69) is 15.3 Å². The molecule has 1 saturated heterocycles. The van der Waals surface area contributed by atoms with Gasteiger partial charge in [-0.05, 0) is 20.8 Å². The molecule has 1 unspecified atom stereocenters. The van der Waals surface area contributed by atoms with Crippen molar-refractivity contribution in [3.05, 3.63) is 15.6 Å². The molecule has 0 bridgehead atoms. The van der Waals surface area contributed by atoms with E-state index in [4.69, 9.17) is 0 Å². The standard InChI is InChI=1S/C15H24F3N5S.HI/c1-10-13(24-12(3)21-10)9-20-14(19-4)23-7-5-22(6-8-23)11(2)15(16,17)18;/h11H,5-9H2,1-4H3,(H,19,20);1H. The lowest BCUT2D eigenvalue weighted by Gasteiger charge is -2.39. The van der Waals surface area contributed by atoms with E-state index in [1.54, 1.807) is 18.4 Å². The Balaban J connectivity index is 0.00000312. The molecule has 10 heteroatoms. The lowest BCUT2D eigenvalue weighted by molar-refractivity contribution is -0.181. The van der Waals surface area contributed by atoms with Crippen molar-refractivity contribution in [2.75, 3.05) is 33.2 Å². The van der Waals surface area contributed by atoms with E-state index >= 15 is 0 Å². The lowest BCUT2D eigenvalue weighted by Crippen LogP contribution is -2.56. The third kappa shape index (κ3) is 5.95. The van der Waals surface area contributed by atoms with Gasteiger partial charge in [0.2, 0.25) is 0 Å². The van der Waals surface area contributed by atoms with Gasteiger partial charge in [0, 0.05) is 38.1 Å². The Kier molecular flexibility index (Phi) is 8.39. The topological polar surface area (TPSA) is 43.8 Å². The molecule has 1 aromatic heterocycles. The monoisotopic (exact) mass is 491 g/mol. The van der Waals surface area contributed by atoms with Gasteiger partial charge in [0.15, 0.2) is 5.96 Å². The smallest absolute Gasteiger partial charge is 0.351 e. The van der Waals surface area contributed by atoms with Crippen molar-refractivity contribution in [1.29, 1.82) is 0 Å². The third-order valence-corrected chi connectivity index (χ3v) is 5.33. The summed E-state index contributed by atoms with van der Waals surface area (Å²) in [7, 11) is 1.69. The molecule has 2 heterocycles. The first-order valence-electron chi connectivity index (χ1n) is 7.91. The molecular formula is C15H25F3IN5S. The van der Waals surface area contributed by atoms with Crippen molar-refractivity contribution in [2.24, 2.45) is 4.99 Å². The summed E-state index contributed by atoms with van der Waals surface area (Å²) < 4.78 is 38.4. The number of aromatic nitrogens is 1. The first-order chi connectivity index (χ1) is 11.2. The lowest BCUT2D eigenvalue weighted by atomic mass is 10.2. The van der Waals surface area contributed by atoms with Gasteiger partial charge in [-0.15, -0.1) is 35.3 Å². The minimum absolute atomic E-state index is 0. The molecule has 0 aromatic carbocycles. The second kappa shape index (κ2) is 9.36. The van der Waals surface area contributed by atoms with Crippen LogP contribution in [0.2, 0.25) is 0 Å². The van der Waals surface area contributed by atoms with E-state index in [1.165, 1.54) is 11.8 Å². The second-order valence-electron chi connectivity index (χ2n) is 5.88. The van der Waals surface area contributed by atoms with Gasteiger partial charge in [0.05, 0.1) is 17.2 Å². The molecule has 25 heavy (non-hydrogen) atoms. The van der Waals surface area contributed by atoms with Crippen LogP contribution in [0.15, 0.2) is 4.99 Å². The van der Waals surface area contributed by atoms with Crippen molar-refractivity contribution in [3.63, 3.8) is 0 Å². The Bertz CT molecular complexity index is 582. The van der Waals surface area contributed by atoms with Crippen LogP contribution in [0.4, 0.5) is 13.2 Å². The Morgan fingerprint density at radius 1 is 1.28 bits per heavy atom. The number of halogens is 4. The fraction of sp³-hybridized carbons (Fsp3) is 0.733. The fourth-order valence-electron chi connectivity index (χ4n) is 2.76. The van der Waals surface area contributed by atoms with E-state index in [1.807, 2.05) is 18.7 Å². The highest BCUT2D eigenvalue weighted by Gasteiger charge is 2.41. The Hall–Kier alpha value is -0.620. The van der Waals surface area contributed by atoms with Gasteiger partial charge < -0.3 is 10.2 Å². The van der Waals surface area contributed by atoms with Gasteiger partial charge >= 0.3 is 6.18 Å². The van der Waals surface area contributed by atoms with E-state index < -0.39 is 12.2 Å². The highest BCUT2D eigenvalue weighted by Crippen LogP contribution is 2.25. The Labute approximate surface area is 167 Å². The van der Waals surface area contributed by atoms with Gasteiger partial charge in [0.1, 0.15) is 6.04 Å². The van der Waals surface area contributed by atoms with Crippen molar-refractivity contribution in [2.45, 2.75) is 39.5 Å². The van der Waals surface area contributed by atoms with Crippen LogP contribution in [0.5, 0.6) is 0 Å². The van der Waals surface area contributed by atoms with Crippen LogP contribution in [0.1, 0.15) is 22.5 Å². The summed E-state index contributed by atoms with van der Waals surface area (Å²) in [6.45, 7) is 7.60. The summed E-state index contributed by atoms with van der Waals surface area (Å²) in [4.78, 5) is 13.3. The number of rotatable bonds is 3. The van der Waals surface area contributed by atoms with Crippen LogP contribution in [0.25, 0.3) is 0 Å². The molecule has 0 aliphatic carbocycles. The first kappa shape index (κ1) is 22.4. The van der Waals surface area contributed by atoms with E-state index in [-0.39, 0.29) is 24.0 Å². The molecule has 1 atom stereocenters. The average molecular weight is 491 g/mol. The maximum atomic E-state index is 12.8. The maximum Gasteiger partial charge on any atom is 0.403 e. The molecular weight excluding hydrogens is 466 g/mol. The molecule has 5 nitrogen and oxygen atoms in total. The quantitative estimate of drug-likeness (QED) is 0.401. The van der Waals surface area contributed by atoms with Crippen molar-refractivity contribution in [3.8, 4) is 0 Å². The minimum atomic E-state index is -4.18. The normalized spacial score (nSPS) is 18.0. The molecule has 1 aromatic rings. The summed E-state index contributed by atoms with van der Waals surface area (Å²) in [5, 5.41) is 4.31. The number of nitrogens with zero attached hydrogens (tertiary/aromatic N) is 4. The third-order valence-electron chi connectivity index (χ3n) is 4.25. The van der Waals surface area contributed by atoms with Gasteiger partial charge in [-0.1, -0.05) is 0 Å². The highest BCUT2D eigenvalue weighted by molar-refractivity contribution is 14.0. The highest BCUT2D eigenvalue weighted by atomic mass is 127. The zero-order valence-corrected chi connectivity index (χ0v) is 18.0. The van der Waals surface area contributed by atoms with E-state index in [0.29, 0.717) is 32.7 Å². The zero-order valence-electron chi connectivity index (χ0n) is 14.9. The summed E-state index contributed by atoms with van der Waals surface area (Å²) >= 11 is 1.64. The molecule has 1 aliphatic rings. The van der Waals surface area contributed by atoms with Gasteiger partial charge in [0.25, 0.3) is 0 Å². The number of nitrogens with one attached hydrogen (secondary N) is 1. The zero-order chi connectivity index (χ0) is 17.9. The Morgan fingerprint density at radius 3 is 2.32 bits per heavy atom. The molecule has 0 radical (unpaired) electrons. The van der Waals surface area contributed by atoms with Gasteiger partial charge in [-0.25, -0.2) is 4.98 Å². The van der Waals surface area contributed by atoms with Crippen LogP contribution >= 0.6 is 35.3 Å². The SMILES string of the molecule is CN=C(NCc1sc(C)nc1C)N1CCN(C(C)C(F)(F)F)CC1.I. The molecule has 2 rings (SSSR count).